The lowest BCUT2D eigenvalue weighted by Crippen LogP contribution is -2.15. The summed E-state index contributed by atoms with van der Waals surface area (Å²) in [6.45, 7) is 0. The van der Waals surface area contributed by atoms with Gasteiger partial charge in [0.25, 0.3) is 10.0 Å². The molecule has 0 atom stereocenters. The van der Waals surface area contributed by atoms with E-state index in [1.807, 2.05) is 0 Å². The number of thiophene rings is 1. The maximum atomic E-state index is 12.0. The van der Waals surface area contributed by atoms with Crippen molar-refractivity contribution < 1.29 is 8.42 Å². The SMILES string of the molecule is NC(=S)c1ccc(S(=O)(=O)Nc2ccsc2)cn1. The molecule has 2 aromatic rings. The minimum atomic E-state index is -3.62. The van der Waals surface area contributed by atoms with Crippen LogP contribution in [-0.4, -0.2) is 18.4 Å². The lowest BCUT2D eigenvalue weighted by Gasteiger charge is -2.06. The quantitative estimate of drug-likeness (QED) is 0.837. The van der Waals surface area contributed by atoms with Crippen LogP contribution in [0.2, 0.25) is 0 Å². The van der Waals surface area contributed by atoms with E-state index in [-0.39, 0.29) is 9.88 Å². The highest BCUT2D eigenvalue weighted by atomic mass is 32.2. The van der Waals surface area contributed by atoms with Crippen LogP contribution in [-0.2, 0) is 10.0 Å². The van der Waals surface area contributed by atoms with E-state index in [4.69, 9.17) is 18.0 Å². The normalized spacial score (nSPS) is 11.1. The second-order valence-corrected chi connectivity index (χ2v) is 6.26. The summed E-state index contributed by atoms with van der Waals surface area (Å²) in [5.74, 6) is 0. The average molecular weight is 299 g/mol. The topological polar surface area (TPSA) is 85.1 Å². The monoisotopic (exact) mass is 299 g/mol. The predicted molar refractivity (Wildman–Crippen MR) is 75.3 cm³/mol. The van der Waals surface area contributed by atoms with Gasteiger partial charge in [-0.25, -0.2) is 8.42 Å². The number of pyridine rings is 1. The Morgan fingerprint density at radius 2 is 2.17 bits per heavy atom. The van der Waals surface area contributed by atoms with E-state index in [0.29, 0.717) is 11.4 Å². The Balaban J connectivity index is 2.27. The van der Waals surface area contributed by atoms with Gasteiger partial charge in [-0.15, -0.1) is 0 Å². The van der Waals surface area contributed by atoms with Crippen LogP contribution in [0.15, 0.2) is 40.1 Å². The summed E-state index contributed by atoms with van der Waals surface area (Å²) in [4.78, 5) is 4.08. The Morgan fingerprint density at radius 1 is 1.39 bits per heavy atom. The third kappa shape index (κ3) is 2.84. The van der Waals surface area contributed by atoms with E-state index in [2.05, 4.69) is 9.71 Å². The Kier molecular flexibility index (Phi) is 3.60. The summed E-state index contributed by atoms with van der Waals surface area (Å²) in [7, 11) is -3.62. The molecule has 2 rings (SSSR count). The molecule has 0 saturated heterocycles. The van der Waals surface area contributed by atoms with E-state index in [1.165, 1.54) is 29.7 Å². The van der Waals surface area contributed by atoms with Crippen molar-refractivity contribution in [3.05, 3.63) is 40.8 Å². The zero-order valence-corrected chi connectivity index (χ0v) is 11.5. The molecule has 0 bridgehead atoms. The van der Waals surface area contributed by atoms with Gasteiger partial charge in [-0.05, 0) is 23.6 Å². The number of nitrogens with zero attached hydrogens (tertiary/aromatic N) is 1. The number of thiocarbonyl (C=S) groups is 1. The summed E-state index contributed by atoms with van der Waals surface area (Å²) >= 11 is 6.15. The number of aromatic nitrogens is 1. The number of hydrogen-bond donors (Lipinski definition) is 2. The van der Waals surface area contributed by atoms with E-state index in [1.54, 1.807) is 16.8 Å². The van der Waals surface area contributed by atoms with Gasteiger partial charge in [0.15, 0.2) is 0 Å². The molecule has 0 aromatic carbocycles. The number of rotatable bonds is 4. The maximum absolute atomic E-state index is 12.0. The van der Waals surface area contributed by atoms with Crippen molar-refractivity contribution >= 4 is 44.3 Å². The molecule has 0 unspecified atom stereocenters. The van der Waals surface area contributed by atoms with Gasteiger partial charge in [-0.2, -0.15) is 11.3 Å². The second-order valence-electron chi connectivity index (χ2n) is 3.36. The second kappa shape index (κ2) is 5.01. The number of nitrogens with one attached hydrogen (secondary N) is 1. The number of sulfonamides is 1. The van der Waals surface area contributed by atoms with Gasteiger partial charge in [0.2, 0.25) is 0 Å². The summed E-state index contributed by atoms with van der Waals surface area (Å²) in [6.07, 6.45) is 1.23. The molecule has 2 aromatic heterocycles. The molecule has 0 spiro atoms. The summed E-state index contributed by atoms with van der Waals surface area (Å²) in [6, 6.07) is 4.57. The maximum Gasteiger partial charge on any atom is 0.263 e. The first-order valence-electron chi connectivity index (χ1n) is 4.80. The van der Waals surface area contributed by atoms with Crippen LogP contribution >= 0.6 is 23.6 Å². The van der Waals surface area contributed by atoms with Crippen molar-refractivity contribution in [1.82, 2.24) is 4.98 Å². The highest BCUT2D eigenvalue weighted by Crippen LogP contribution is 2.17. The fourth-order valence-corrected chi connectivity index (χ4v) is 3.00. The van der Waals surface area contributed by atoms with Crippen LogP contribution in [0, 0.1) is 0 Å². The summed E-state index contributed by atoms with van der Waals surface area (Å²) in [5.41, 5.74) is 6.30. The van der Waals surface area contributed by atoms with Crippen molar-refractivity contribution in [2.75, 3.05) is 4.72 Å². The van der Waals surface area contributed by atoms with Gasteiger partial charge >= 0.3 is 0 Å². The fourth-order valence-electron chi connectivity index (χ4n) is 1.22. The molecule has 0 saturated carbocycles. The van der Waals surface area contributed by atoms with Gasteiger partial charge in [0.05, 0.1) is 11.4 Å². The van der Waals surface area contributed by atoms with Crippen molar-refractivity contribution in [3.8, 4) is 0 Å². The summed E-state index contributed by atoms with van der Waals surface area (Å²) in [5, 5.41) is 3.49. The van der Waals surface area contributed by atoms with Gasteiger partial charge in [-0.3, -0.25) is 9.71 Å². The van der Waals surface area contributed by atoms with Crippen LogP contribution in [0.5, 0.6) is 0 Å². The smallest absolute Gasteiger partial charge is 0.263 e. The van der Waals surface area contributed by atoms with Crippen LogP contribution < -0.4 is 10.5 Å². The number of anilines is 1. The predicted octanol–water partition coefficient (Wildman–Crippen LogP) is 1.58. The molecule has 18 heavy (non-hydrogen) atoms. The van der Waals surface area contributed by atoms with Gasteiger partial charge in [-0.1, -0.05) is 12.2 Å². The van der Waals surface area contributed by atoms with E-state index in [9.17, 15) is 8.42 Å². The van der Waals surface area contributed by atoms with Crippen LogP contribution in [0.1, 0.15) is 5.69 Å². The zero-order valence-electron chi connectivity index (χ0n) is 9.03. The lowest BCUT2D eigenvalue weighted by atomic mass is 10.3. The molecule has 0 amide bonds. The van der Waals surface area contributed by atoms with Crippen molar-refractivity contribution in [2.24, 2.45) is 5.73 Å². The van der Waals surface area contributed by atoms with Gasteiger partial charge in [0, 0.05) is 11.6 Å². The van der Waals surface area contributed by atoms with Crippen LogP contribution in [0.3, 0.4) is 0 Å². The minimum Gasteiger partial charge on any atom is -0.388 e. The Bertz CT molecular complexity index is 648. The fraction of sp³-hybridized carbons (Fsp3) is 0. The highest BCUT2D eigenvalue weighted by molar-refractivity contribution is 7.92. The Labute approximate surface area is 114 Å². The van der Waals surface area contributed by atoms with E-state index < -0.39 is 10.0 Å². The van der Waals surface area contributed by atoms with Crippen molar-refractivity contribution in [3.63, 3.8) is 0 Å². The Hall–Kier alpha value is -1.51. The molecule has 0 aliphatic rings. The molecular formula is C10H9N3O2S3. The minimum absolute atomic E-state index is 0.0636. The molecule has 0 aliphatic heterocycles. The first kappa shape index (κ1) is 12.9. The third-order valence-corrected chi connectivity index (χ3v) is 4.33. The molecule has 0 fully saturated rings. The third-order valence-electron chi connectivity index (χ3n) is 2.07. The molecule has 5 nitrogen and oxygen atoms in total. The van der Waals surface area contributed by atoms with E-state index >= 15 is 0 Å². The zero-order chi connectivity index (χ0) is 13.2. The summed E-state index contributed by atoms with van der Waals surface area (Å²) < 4.78 is 26.4. The molecule has 94 valence electrons. The molecule has 8 heteroatoms. The van der Waals surface area contributed by atoms with Gasteiger partial charge in [0.1, 0.15) is 9.88 Å². The molecule has 0 radical (unpaired) electrons. The first-order chi connectivity index (χ1) is 8.49. The van der Waals surface area contributed by atoms with E-state index in [0.717, 1.165) is 0 Å². The molecular weight excluding hydrogens is 290 g/mol. The number of hydrogen-bond acceptors (Lipinski definition) is 5. The van der Waals surface area contributed by atoms with Gasteiger partial charge < -0.3 is 5.73 Å². The van der Waals surface area contributed by atoms with Crippen molar-refractivity contribution in [2.45, 2.75) is 4.90 Å². The molecule has 3 N–H and O–H groups in total. The first-order valence-corrected chi connectivity index (χ1v) is 7.63. The highest BCUT2D eigenvalue weighted by Gasteiger charge is 2.15. The van der Waals surface area contributed by atoms with Crippen molar-refractivity contribution in [1.29, 1.82) is 0 Å². The number of nitrogens with two attached hydrogens (primary N) is 1. The average Bonchev–Trinajstić information content (AvgIpc) is 2.81. The molecule has 2 heterocycles. The lowest BCUT2D eigenvalue weighted by molar-refractivity contribution is 0.601. The molecule has 0 aliphatic carbocycles. The Morgan fingerprint density at radius 3 is 2.67 bits per heavy atom. The van der Waals surface area contributed by atoms with Crippen LogP contribution in [0.25, 0.3) is 0 Å². The largest absolute Gasteiger partial charge is 0.388 e. The standard InChI is InChI=1S/C10H9N3O2S3/c11-10(16)9-2-1-8(5-12-9)18(14,15)13-7-3-4-17-6-7/h1-6,13H,(H2,11,16). The van der Waals surface area contributed by atoms with Crippen LogP contribution in [0.4, 0.5) is 5.69 Å².